The number of azide groups is 1. The molecule has 17 heteroatoms. The summed E-state index contributed by atoms with van der Waals surface area (Å²) in [5.41, 5.74) is 7.48. The number of hydrogen-bond acceptors (Lipinski definition) is 8. The van der Waals surface area contributed by atoms with Crippen molar-refractivity contribution in [1.82, 2.24) is 9.55 Å². The van der Waals surface area contributed by atoms with E-state index in [1.807, 2.05) is 0 Å². The number of nitrogens with zero attached hydrogens (tertiary/aromatic N) is 4. The van der Waals surface area contributed by atoms with Crippen LogP contribution in [0, 0.1) is 6.92 Å². The van der Waals surface area contributed by atoms with E-state index in [9.17, 15) is 23.6 Å². The molecule has 2 unspecified atom stereocenters. The van der Waals surface area contributed by atoms with Crippen LogP contribution < -0.4 is 11.2 Å². The minimum absolute atomic E-state index is 0.0292. The molecule has 2 heterocycles. The third-order valence-electron chi connectivity index (χ3n) is 3.47. The van der Waals surface area contributed by atoms with Crippen molar-refractivity contribution in [3.05, 3.63) is 43.0 Å². The number of hydrogen-bond donors (Lipinski definition) is 4. The van der Waals surface area contributed by atoms with E-state index in [2.05, 4.69) is 23.8 Å². The van der Waals surface area contributed by atoms with Crippen LogP contribution in [-0.4, -0.2) is 43.0 Å². The fourth-order valence-electron chi connectivity index (χ4n) is 2.35. The van der Waals surface area contributed by atoms with Gasteiger partial charge in [-0.1, -0.05) is 5.11 Å². The van der Waals surface area contributed by atoms with Crippen molar-refractivity contribution in [2.45, 2.75) is 31.7 Å². The minimum atomic E-state index is -5.29. The van der Waals surface area contributed by atoms with Crippen LogP contribution in [0.5, 0.6) is 0 Å². The summed E-state index contributed by atoms with van der Waals surface area (Å²) in [6.07, 6.45) is -0.918. The molecule has 0 amide bonds. The summed E-state index contributed by atoms with van der Waals surface area (Å²) in [7, 11) is -10.4. The summed E-state index contributed by atoms with van der Waals surface area (Å²) in [6, 6.07) is -0.936. The molecule has 1 aliphatic heterocycles. The van der Waals surface area contributed by atoms with Crippen molar-refractivity contribution in [3.63, 3.8) is 0 Å². The first-order valence-corrected chi connectivity index (χ1v) is 10.2. The van der Waals surface area contributed by atoms with Crippen molar-refractivity contribution in [1.29, 1.82) is 0 Å². The molecule has 150 valence electrons. The van der Waals surface area contributed by atoms with Gasteiger partial charge in [0, 0.05) is 23.1 Å². The van der Waals surface area contributed by atoms with Crippen molar-refractivity contribution in [3.8, 4) is 0 Å². The highest BCUT2D eigenvalue weighted by Gasteiger charge is 2.39. The van der Waals surface area contributed by atoms with Gasteiger partial charge in [-0.05, 0) is 12.5 Å². The fourth-order valence-corrected chi connectivity index (χ4v) is 3.95. The quantitative estimate of drug-likeness (QED) is 0.198. The number of nitrogens with one attached hydrogen (secondary N) is 1. The Kier molecular flexibility index (Phi) is 6.43. The molecule has 2 rings (SSSR count). The van der Waals surface area contributed by atoms with Gasteiger partial charge in [0.2, 0.25) is 0 Å². The van der Waals surface area contributed by atoms with Crippen LogP contribution >= 0.6 is 15.6 Å². The Morgan fingerprint density at radius 2 is 2.11 bits per heavy atom. The van der Waals surface area contributed by atoms with Gasteiger partial charge in [0.15, 0.2) is 0 Å². The average Bonchev–Trinajstić information content (AvgIpc) is 2.90. The lowest BCUT2D eigenvalue weighted by Gasteiger charge is -2.18. The molecule has 0 aliphatic carbocycles. The second-order valence-corrected chi connectivity index (χ2v) is 8.28. The first-order valence-electron chi connectivity index (χ1n) is 7.18. The Morgan fingerprint density at radius 3 is 2.70 bits per heavy atom. The molecular weight excluding hydrogens is 412 g/mol. The second-order valence-electron chi connectivity index (χ2n) is 5.45. The first kappa shape index (κ1) is 21.5. The summed E-state index contributed by atoms with van der Waals surface area (Å²) in [6.45, 7) is 0.724. The summed E-state index contributed by atoms with van der Waals surface area (Å²) >= 11 is 0. The molecule has 0 saturated carbocycles. The van der Waals surface area contributed by atoms with Crippen LogP contribution in [0.15, 0.2) is 20.9 Å². The molecule has 1 aliphatic rings. The highest BCUT2D eigenvalue weighted by atomic mass is 31.3. The van der Waals surface area contributed by atoms with E-state index in [0.29, 0.717) is 0 Å². The molecule has 1 aromatic heterocycles. The van der Waals surface area contributed by atoms with Crippen molar-refractivity contribution >= 4 is 15.6 Å². The van der Waals surface area contributed by atoms with E-state index in [-0.39, 0.29) is 12.0 Å². The number of ether oxygens (including phenoxy) is 1. The Balaban J connectivity index is 2.18. The molecule has 0 aromatic carbocycles. The van der Waals surface area contributed by atoms with Crippen LogP contribution in [0.2, 0.25) is 0 Å². The molecular formula is C10H15N5O10P2. The third kappa shape index (κ3) is 5.84. The maximum atomic E-state index is 11.9. The largest absolute Gasteiger partial charge is 0.481 e. The van der Waals surface area contributed by atoms with Gasteiger partial charge >= 0.3 is 21.3 Å². The Bertz CT molecular complexity index is 962. The number of aryl methyl sites for hydroxylation is 1. The van der Waals surface area contributed by atoms with Gasteiger partial charge in [-0.15, -0.1) is 0 Å². The fraction of sp³-hybridized carbons (Fsp3) is 0.600. The Labute approximate surface area is 150 Å². The average molecular weight is 427 g/mol. The van der Waals surface area contributed by atoms with Gasteiger partial charge in [0.1, 0.15) is 6.23 Å². The predicted octanol–water partition coefficient (Wildman–Crippen LogP) is 0.0377. The lowest BCUT2D eigenvalue weighted by atomic mass is 10.1. The molecule has 1 fully saturated rings. The van der Waals surface area contributed by atoms with E-state index < -0.39 is 51.9 Å². The lowest BCUT2D eigenvalue weighted by molar-refractivity contribution is -0.0267. The van der Waals surface area contributed by atoms with Crippen LogP contribution in [-0.2, 0) is 22.7 Å². The SMILES string of the molecule is Cc1cn([C@H]2CC(N=[N+]=[N-])[C@@H](COP(=O)(O)OP(=O)(O)O)O2)c(=O)[nH]c1=O. The molecule has 0 spiro atoms. The number of H-pyrrole nitrogens is 1. The second kappa shape index (κ2) is 8.07. The zero-order valence-corrected chi connectivity index (χ0v) is 15.4. The van der Waals surface area contributed by atoms with Gasteiger partial charge < -0.3 is 19.4 Å². The molecule has 4 atom stereocenters. The predicted molar refractivity (Wildman–Crippen MR) is 86.4 cm³/mol. The van der Waals surface area contributed by atoms with Gasteiger partial charge in [-0.3, -0.25) is 18.9 Å². The van der Waals surface area contributed by atoms with E-state index in [0.717, 1.165) is 4.57 Å². The summed E-state index contributed by atoms with van der Waals surface area (Å²) < 4.78 is 36.8. The first-order chi connectivity index (χ1) is 12.4. The van der Waals surface area contributed by atoms with Crippen molar-refractivity contribution in [2.24, 2.45) is 5.11 Å². The Morgan fingerprint density at radius 1 is 1.44 bits per heavy atom. The zero-order valence-electron chi connectivity index (χ0n) is 13.6. The molecule has 4 N–H and O–H groups in total. The topological polar surface area (TPSA) is 226 Å². The maximum Gasteiger partial charge on any atom is 0.481 e. The number of aromatic nitrogens is 2. The summed E-state index contributed by atoms with van der Waals surface area (Å²) in [4.78, 5) is 54.5. The van der Waals surface area contributed by atoms with Crippen LogP contribution in [0.25, 0.3) is 10.4 Å². The molecule has 0 bridgehead atoms. The Hall–Kier alpha value is -1.79. The van der Waals surface area contributed by atoms with E-state index in [4.69, 9.17) is 20.1 Å². The third-order valence-corrected chi connectivity index (χ3v) is 5.62. The van der Waals surface area contributed by atoms with E-state index in [1.165, 1.54) is 13.1 Å². The van der Waals surface area contributed by atoms with E-state index >= 15 is 0 Å². The highest BCUT2D eigenvalue weighted by Crippen LogP contribution is 2.57. The van der Waals surface area contributed by atoms with Gasteiger partial charge in [-0.25, -0.2) is 13.9 Å². The molecule has 0 radical (unpaired) electrons. The number of rotatable bonds is 7. The molecule has 15 nitrogen and oxygen atoms in total. The van der Waals surface area contributed by atoms with Crippen LogP contribution in [0.4, 0.5) is 0 Å². The van der Waals surface area contributed by atoms with Crippen LogP contribution in [0.3, 0.4) is 0 Å². The van der Waals surface area contributed by atoms with Crippen LogP contribution in [0.1, 0.15) is 18.2 Å². The monoisotopic (exact) mass is 427 g/mol. The molecule has 27 heavy (non-hydrogen) atoms. The number of aromatic amines is 1. The van der Waals surface area contributed by atoms with Crippen molar-refractivity contribution < 1.29 is 37.4 Å². The van der Waals surface area contributed by atoms with E-state index in [1.54, 1.807) is 0 Å². The highest BCUT2D eigenvalue weighted by molar-refractivity contribution is 7.60. The van der Waals surface area contributed by atoms with Gasteiger partial charge in [0.05, 0.1) is 18.8 Å². The minimum Gasteiger partial charge on any atom is -0.352 e. The standard InChI is InChI=1S/C10H15N5O10P2/c1-5-3-15(10(17)12-9(5)16)8-2-6(13-14-11)7(24-8)4-23-27(21,22)25-26(18,19)20/h3,6-8H,2,4H2,1H3,(H,21,22)(H,12,16,17)(H2,18,19,20)/t6?,7-,8-/m1/s1. The summed E-state index contributed by atoms with van der Waals surface area (Å²) in [5, 5.41) is 3.45. The number of phosphoric acid groups is 2. The lowest BCUT2D eigenvalue weighted by Crippen LogP contribution is -2.33. The maximum absolute atomic E-state index is 11.9. The molecule has 1 aromatic rings. The van der Waals surface area contributed by atoms with Crippen molar-refractivity contribution in [2.75, 3.05) is 6.61 Å². The summed E-state index contributed by atoms with van der Waals surface area (Å²) in [5.74, 6) is 0. The zero-order chi connectivity index (χ0) is 20.4. The molecule has 1 saturated heterocycles. The smallest absolute Gasteiger partial charge is 0.352 e. The number of phosphoric ester groups is 1. The van der Waals surface area contributed by atoms with Gasteiger partial charge in [0.25, 0.3) is 5.56 Å². The van der Waals surface area contributed by atoms with Gasteiger partial charge in [-0.2, -0.15) is 4.31 Å². The normalized spacial score (nSPS) is 25.0.